The van der Waals surface area contributed by atoms with Crippen molar-refractivity contribution in [2.75, 3.05) is 17.8 Å². The third-order valence-electron chi connectivity index (χ3n) is 5.50. The highest BCUT2D eigenvalue weighted by molar-refractivity contribution is 7.91. The lowest BCUT2D eigenvalue weighted by Gasteiger charge is -2.24. The maximum Gasteiger partial charge on any atom is 0.458 e. The Morgan fingerprint density at radius 3 is 2.42 bits per heavy atom. The number of halogens is 7. The molecule has 9 nitrogen and oxygen atoms in total. The molecule has 38 heavy (non-hydrogen) atoms. The second-order valence-corrected chi connectivity index (χ2v) is 10.4. The van der Waals surface area contributed by atoms with Crippen LogP contribution in [0.25, 0.3) is 11.4 Å². The number of nitrogens with zero attached hydrogens (tertiary/aromatic N) is 3. The molecule has 0 saturated carbocycles. The molecule has 1 aromatic heterocycles. The van der Waals surface area contributed by atoms with E-state index in [1.165, 1.54) is 12.1 Å². The van der Waals surface area contributed by atoms with Crippen LogP contribution in [0.3, 0.4) is 0 Å². The summed E-state index contributed by atoms with van der Waals surface area (Å²) in [7, 11) is -3.89. The number of ether oxygens (including phenoxy) is 1. The third-order valence-corrected chi connectivity index (χ3v) is 7.55. The first-order chi connectivity index (χ1) is 17.2. The second kappa shape index (κ2) is 10.4. The number of methoxy groups -OCH3 is 1. The van der Waals surface area contributed by atoms with Crippen LogP contribution in [0.2, 0.25) is 5.02 Å². The van der Waals surface area contributed by atoms with Crippen LogP contribution in [0.1, 0.15) is 11.5 Å². The van der Waals surface area contributed by atoms with E-state index in [1.807, 2.05) is 0 Å². The Morgan fingerprint density at radius 2 is 1.84 bits per heavy atom. The normalized spacial score (nSPS) is 18.8. The number of carbonyl (C=O) groups excluding carboxylic acids is 1. The SMILES string of the molecule is COC(F)(c1nc(-c2cc3c(cc2F)S(=O)(=O)C[C@H](N)C(=O)N3Cc2ccc(Cl)cc2)no1)C(F)(F)F.Cl. The Labute approximate surface area is 223 Å². The van der Waals surface area contributed by atoms with E-state index in [2.05, 4.69) is 19.4 Å². The van der Waals surface area contributed by atoms with Gasteiger partial charge >= 0.3 is 17.9 Å². The van der Waals surface area contributed by atoms with Crippen LogP contribution in [-0.2, 0) is 31.8 Å². The van der Waals surface area contributed by atoms with Crippen LogP contribution in [0, 0.1) is 5.82 Å². The summed E-state index contributed by atoms with van der Waals surface area (Å²) in [5.74, 6) is -9.97. The summed E-state index contributed by atoms with van der Waals surface area (Å²) in [4.78, 5) is 16.7. The van der Waals surface area contributed by atoms with E-state index in [0.29, 0.717) is 23.8 Å². The van der Waals surface area contributed by atoms with Crippen LogP contribution in [-0.4, -0.2) is 49.5 Å². The monoisotopic (exact) mass is 602 g/mol. The topological polar surface area (TPSA) is 129 Å². The van der Waals surface area contributed by atoms with Gasteiger partial charge in [-0.25, -0.2) is 12.8 Å². The van der Waals surface area contributed by atoms with Crippen molar-refractivity contribution in [2.24, 2.45) is 5.73 Å². The zero-order valence-corrected chi connectivity index (χ0v) is 21.4. The first kappa shape index (κ1) is 29.7. The van der Waals surface area contributed by atoms with Crippen molar-refractivity contribution < 1.29 is 44.4 Å². The molecule has 0 saturated heterocycles. The fourth-order valence-electron chi connectivity index (χ4n) is 3.61. The highest BCUT2D eigenvalue weighted by Crippen LogP contribution is 2.43. The van der Waals surface area contributed by atoms with Crippen LogP contribution in [0.5, 0.6) is 0 Å². The molecular formula is C21H17Cl2F5N4O5S. The lowest BCUT2D eigenvalue weighted by molar-refractivity contribution is -0.342. The predicted octanol–water partition coefficient (Wildman–Crippen LogP) is 3.93. The first-order valence-corrected chi connectivity index (χ1v) is 12.2. The van der Waals surface area contributed by atoms with Gasteiger partial charge in [-0.1, -0.05) is 28.9 Å². The molecule has 2 heterocycles. The van der Waals surface area contributed by atoms with Gasteiger partial charge in [-0.15, -0.1) is 12.4 Å². The summed E-state index contributed by atoms with van der Waals surface area (Å²) in [5.41, 5.74) is 5.29. The largest absolute Gasteiger partial charge is 0.458 e. The highest BCUT2D eigenvalue weighted by Gasteiger charge is 2.63. The van der Waals surface area contributed by atoms with Crippen molar-refractivity contribution in [3.05, 3.63) is 58.7 Å². The standard InChI is InChI=1S/C21H16ClF5N4O5S.ClH/c1-35-20(24,21(25,26)27)19-29-17(30-36-19)12-6-15-16(7-13(12)23)37(33,34)9-14(28)18(32)31(15)8-10-2-4-11(22)5-3-10;/h2-7,14H,8-9,28H2,1H3;1H/t14-,20?;/m0./s1. The molecule has 1 aliphatic heterocycles. The van der Waals surface area contributed by atoms with Crippen molar-refractivity contribution in [3.8, 4) is 11.4 Å². The van der Waals surface area contributed by atoms with E-state index < -0.39 is 67.6 Å². The van der Waals surface area contributed by atoms with E-state index in [4.69, 9.17) is 17.3 Å². The maximum absolute atomic E-state index is 15.1. The van der Waals surface area contributed by atoms with Gasteiger partial charge in [0.1, 0.15) is 5.82 Å². The van der Waals surface area contributed by atoms with E-state index >= 15 is 4.39 Å². The molecule has 17 heteroatoms. The third kappa shape index (κ3) is 5.20. The minimum absolute atomic E-state index is 0. The van der Waals surface area contributed by atoms with Gasteiger partial charge in [0.15, 0.2) is 9.84 Å². The summed E-state index contributed by atoms with van der Waals surface area (Å²) in [6.45, 7) is -0.222. The van der Waals surface area contributed by atoms with Gasteiger partial charge in [-0.3, -0.25) is 4.79 Å². The number of rotatable bonds is 5. The zero-order chi connectivity index (χ0) is 27.3. The summed E-state index contributed by atoms with van der Waals surface area (Å²) in [6.07, 6.45) is -5.62. The Balaban J connectivity index is 0.00000400. The van der Waals surface area contributed by atoms with Crippen LogP contribution < -0.4 is 10.6 Å². The summed E-state index contributed by atoms with van der Waals surface area (Å²) < 4.78 is 103. The van der Waals surface area contributed by atoms with Crippen LogP contribution in [0.15, 0.2) is 45.8 Å². The Hall–Kier alpha value is -2.85. The fraction of sp³-hybridized carbons (Fsp3) is 0.286. The number of nitrogens with two attached hydrogens (primary N) is 1. The Bertz CT molecular complexity index is 1470. The molecule has 2 aromatic carbocycles. The van der Waals surface area contributed by atoms with Crippen molar-refractivity contribution in [1.82, 2.24) is 10.1 Å². The minimum atomic E-state index is -5.62. The Morgan fingerprint density at radius 1 is 1.21 bits per heavy atom. The maximum atomic E-state index is 15.1. The molecule has 0 radical (unpaired) electrons. The molecule has 0 fully saturated rings. The predicted molar refractivity (Wildman–Crippen MR) is 125 cm³/mol. The highest BCUT2D eigenvalue weighted by atomic mass is 35.5. The number of sulfone groups is 1. The molecule has 3 aromatic rings. The average molecular weight is 603 g/mol. The molecule has 206 valence electrons. The van der Waals surface area contributed by atoms with Gasteiger partial charge in [0, 0.05) is 12.1 Å². The summed E-state index contributed by atoms with van der Waals surface area (Å²) >= 11 is 5.88. The number of aromatic nitrogens is 2. The van der Waals surface area contributed by atoms with Crippen molar-refractivity contribution in [3.63, 3.8) is 0 Å². The van der Waals surface area contributed by atoms with Crippen LogP contribution >= 0.6 is 24.0 Å². The number of anilines is 1. The molecule has 0 spiro atoms. The molecule has 0 bridgehead atoms. The minimum Gasteiger partial charge on any atom is -0.335 e. The quantitative estimate of drug-likeness (QED) is 0.435. The number of alkyl halides is 4. The van der Waals surface area contributed by atoms with Crippen LogP contribution in [0.4, 0.5) is 27.6 Å². The van der Waals surface area contributed by atoms with E-state index in [1.54, 1.807) is 12.1 Å². The summed E-state index contributed by atoms with van der Waals surface area (Å²) in [5, 5.41) is 3.59. The van der Waals surface area contributed by atoms with Gasteiger partial charge in [0.25, 0.3) is 0 Å². The summed E-state index contributed by atoms with van der Waals surface area (Å²) in [6, 6.07) is 6.04. The molecule has 0 aliphatic carbocycles. The molecule has 2 atom stereocenters. The number of carbonyl (C=O) groups is 1. The van der Waals surface area contributed by atoms with Crippen molar-refractivity contribution in [1.29, 1.82) is 0 Å². The number of hydrogen-bond donors (Lipinski definition) is 1. The van der Waals surface area contributed by atoms with Gasteiger partial charge in [-0.05, 0) is 29.8 Å². The van der Waals surface area contributed by atoms with Gasteiger partial charge < -0.3 is 19.9 Å². The lowest BCUT2D eigenvalue weighted by Crippen LogP contribution is -2.45. The smallest absolute Gasteiger partial charge is 0.335 e. The average Bonchev–Trinajstić information content (AvgIpc) is 3.30. The second-order valence-electron chi connectivity index (χ2n) is 7.96. The molecular weight excluding hydrogens is 586 g/mol. The van der Waals surface area contributed by atoms with Gasteiger partial charge in [0.05, 0.1) is 34.5 Å². The van der Waals surface area contributed by atoms with E-state index in [0.717, 1.165) is 11.0 Å². The number of hydrogen-bond acceptors (Lipinski definition) is 8. The number of benzene rings is 2. The molecule has 4 rings (SSSR count). The van der Waals surface area contributed by atoms with E-state index in [9.17, 15) is 30.8 Å². The molecule has 1 unspecified atom stereocenters. The Kier molecular flexibility index (Phi) is 8.11. The molecule has 1 aliphatic rings. The van der Waals surface area contributed by atoms with E-state index in [-0.39, 0.29) is 24.6 Å². The zero-order valence-electron chi connectivity index (χ0n) is 19.0. The van der Waals surface area contributed by atoms with Crippen molar-refractivity contribution in [2.45, 2.75) is 29.5 Å². The number of amides is 1. The molecule has 1 amide bonds. The fourth-order valence-corrected chi connectivity index (χ4v) is 5.31. The molecule has 2 N–H and O–H groups in total. The van der Waals surface area contributed by atoms with Crippen molar-refractivity contribution >= 4 is 45.4 Å². The lowest BCUT2D eigenvalue weighted by atomic mass is 10.1. The van der Waals surface area contributed by atoms with Gasteiger partial charge in [0.2, 0.25) is 11.7 Å². The number of fused-ring (bicyclic) bond motifs is 1. The van der Waals surface area contributed by atoms with Gasteiger partial charge in [-0.2, -0.15) is 22.5 Å². The first-order valence-electron chi connectivity index (χ1n) is 10.2.